The minimum atomic E-state index is -3.07. The summed E-state index contributed by atoms with van der Waals surface area (Å²) in [7, 11) is -3.07. The van der Waals surface area contributed by atoms with Crippen molar-refractivity contribution in [1.82, 2.24) is 19.7 Å². The fraction of sp³-hybridized carbons (Fsp3) is 0.500. The first-order chi connectivity index (χ1) is 15.0. The standard InChI is InChI=1S/C20H25N5O4S3/c1-10-7-16(25(24-10)14-5-6-32(28,29)9-14)23-18(26)13(4)30-8-15-21-19(27)17-11(2)12(3)31-20(17)22-15/h7,13-14H,5-6,8-9H2,1-4H3,(H,23,26)(H,21,22,27). The van der Waals surface area contributed by atoms with Gasteiger partial charge in [0.15, 0.2) is 9.84 Å². The number of anilines is 1. The quantitative estimate of drug-likeness (QED) is 0.538. The number of carbonyl (C=O) groups is 1. The van der Waals surface area contributed by atoms with Crippen molar-refractivity contribution in [2.75, 3.05) is 16.8 Å². The summed E-state index contributed by atoms with van der Waals surface area (Å²) in [5, 5.41) is 7.48. The Morgan fingerprint density at radius 1 is 1.41 bits per heavy atom. The first-order valence-electron chi connectivity index (χ1n) is 10.2. The van der Waals surface area contributed by atoms with Gasteiger partial charge in [0.2, 0.25) is 5.91 Å². The molecular weight excluding hydrogens is 470 g/mol. The van der Waals surface area contributed by atoms with Crippen molar-refractivity contribution in [2.45, 2.75) is 51.2 Å². The van der Waals surface area contributed by atoms with Gasteiger partial charge in [-0.2, -0.15) is 5.10 Å². The maximum atomic E-state index is 12.8. The largest absolute Gasteiger partial charge is 0.310 e. The van der Waals surface area contributed by atoms with Gasteiger partial charge in [-0.3, -0.25) is 9.59 Å². The highest BCUT2D eigenvalue weighted by molar-refractivity contribution is 7.99. The molecule has 0 aromatic carbocycles. The number of thioether (sulfide) groups is 1. The molecule has 0 radical (unpaired) electrons. The molecule has 0 bridgehead atoms. The fourth-order valence-electron chi connectivity index (χ4n) is 3.73. The number of fused-ring (bicyclic) bond motifs is 1. The van der Waals surface area contributed by atoms with Gasteiger partial charge in [0.05, 0.1) is 39.6 Å². The topological polar surface area (TPSA) is 127 Å². The van der Waals surface area contributed by atoms with E-state index in [4.69, 9.17) is 0 Å². The molecule has 0 spiro atoms. The summed E-state index contributed by atoms with van der Waals surface area (Å²) < 4.78 is 25.3. The minimum Gasteiger partial charge on any atom is -0.310 e. The third-order valence-corrected chi connectivity index (χ3v) is 9.60. The van der Waals surface area contributed by atoms with E-state index in [9.17, 15) is 18.0 Å². The van der Waals surface area contributed by atoms with Crippen LogP contribution in [0.15, 0.2) is 10.9 Å². The molecule has 2 N–H and O–H groups in total. The number of thiophene rings is 1. The summed E-state index contributed by atoms with van der Waals surface area (Å²) in [5.74, 6) is 1.36. The number of hydrogen-bond acceptors (Lipinski definition) is 8. The van der Waals surface area contributed by atoms with Gasteiger partial charge >= 0.3 is 0 Å². The van der Waals surface area contributed by atoms with Gasteiger partial charge in [0.25, 0.3) is 5.56 Å². The second-order valence-corrected chi connectivity index (χ2v) is 12.9. The van der Waals surface area contributed by atoms with Crippen molar-refractivity contribution >= 4 is 54.9 Å². The molecule has 9 nitrogen and oxygen atoms in total. The Morgan fingerprint density at radius 3 is 2.84 bits per heavy atom. The first kappa shape index (κ1) is 23.0. The summed E-state index contributed by atoms with van der Waals surface area (Å²) in [6.45, 7) is 7.47. The highest BCUT2D eigenvalue weighted by atomic mass is 32.2. The smallest absolute Gasteiger partial charge is 0.259 e. The van der Waals surface area contributed by atoms with Crippen LogP contribution in [0.2, 0.25) is 0 Å². The number of sulfone groups is 1. The van der Waals surface area contributed by atoms with Gasteiger partial charge in [-0.25, -0.2) is 18.1 Å². The molecule has 0 aliphatic carbocycles. The van der Waals surface area contributed by atoms with E-state index >= 15 is 0 Å². The van der Waals surface area contributed by atoms with Crippen molar-refractivity contribution in [2.24, 2.45) is 0 Å². The number of H-pyrrole nitrogens is 1. The van der Waals surface area contributed by atoms with Crippen LogP contribution in [0.25, 0.3) is 10.2 Å². The normalized spacial score (nSPS) is 18.8. The van der Waals surface area contributed by atoms with Gasteiger partial charge in [0.1, 0.15) is 16.5 Å². The lowest BCUT2D eigenvalue weighted by atomic mass is 10.2. The number of nitrogens with one attached hydrogen (secondary N) is 2. The lowest BCUT2D eigenvalue weighted by Gasteiger charge is -2.16. The molecule has 172 valence electrons. The summed E-state index contributed by atoms with van der Waals surface area (Å²) in [4.78, 5) is 34.4. The highest BCUT2D eigenvalue weighted by Gasteiger charge is 2.31. The number of aromatic amines is 1. The Bertz CT molecular complexity index is 1360. The van der Waals surface area contributed by atoms with Crippen molar-refractivity contribution in [3.05, 3.63) is 38.4 Å². The lowest BCUT2D eigenvalue weighted by Crippen LogP contribution is -2.26. The molecular formula is C20H25N5O4S3. The third-order valence-electron chi connectivity index (χ3n) is 5.59. The number of hydrogen-bond donors (Lipinski definition) is 2. The number of rotatable bonds is 6. The Morgan fingerprint density at radius 2 is 2.16 bits per heavy atom. The molecule has 3 aromatic rings. The zero-order valence-electron chi connectivity index (χ0n) is 18.3. The molecule has 1 fully saturated rings. The van der Waals surface area contributed by atoms with Crippen LogP contribution in [-0.2, 0) is 20.4 Å². The van der Waals surface area contributed by atoms with Crippen LogP contribution >= 0.6 is 23.1 Å². The molecule has 1 aliphatic heterocycles. The molecule has 4 heterocycles. The highest BCUT2D eigenvalue weighted by Crippen LogP contribution is 2.29. The number of carbonyl (C=O) groups excluding carboxylic acids is 1. The molecule has 12 heteroatoms. The summed E-state index contributed by atoms with van der Waals surface area (Å²) >= 11 is 2.86. The zero-order chi connectivity index (χ0) is 23.2. The molecule has 1 aliphatic rings. The van der Waals surface area contributed by atoms with Crippen molar-refractivity contribution < 1.29 is 13.2 Å². The second-order valence-electron chi connectivity index (χ2n) is 8.09. The number of nitrogens with zero attached hydrogens (tertiary/aromatic N) is 3. The van der Waals surface area contributed by atoms with Crippen LogP contribution in [0.4, 0.5) is 5.82 Å². The average Bonchev–Trinajstić information content (AvgIpc) is 3.34. The monoisotopic (exact) mass is 495 g/mol. The predicted molar refractivity (Wildman–Crippen MR) is 128 cm³/mol. The van der Waals surface area contributed by atoms with Crippen LogP contribution in [-0.4, -0.2) is 50.8 Å². The Labute approximate surface area is 193 Å². The molecule has 32 heavy (non-hydrogen) atoms. The van der Waals surface area contributed by atoms with E-state index in [0.29, 0.717) is 39.7 Å². The van der Waals surface area contributed by atoms with Crippen molar-refractivity contribution in [3.8, 4) is 0 Å². The third kappa shape index (κ3) is 4.62. The number of amides is 1. The lowest BCUT2D eigenvalue weighted by molar-refractivity contribution is -0.115. The molecule has 3 aromatic heterocycles. The van der Waals surface area contributed by atoms with E-state index in [1.807, 2.05) is 13.8 Å². The maximum Gasteiger partial charge on any atom is 0.259 e. The summed E-state index contributed by atoms with van der Waals surface area (Å²) in [6.07, 6.45) is 0.486. The van der Waals surface area contributed by atoms with E-state index in [-0.39, 0.29) is 29.0 Å². The average molecular weight is 496 g/mol. The first-order valence-corrected chi connectivity index (χ1v) is 13.9. The van der Waals surface area contributed by atoms with Crippen LogP contribution in [0.3, 0.4) is 0 Å². The van der Waals surface area contributed by atoms with Crippen LogP contribution in [0.1, 0.15) is 41.3 Å². The molecule has 4 rings (SSSR count). The Balaban J connectivity index is 1.43. The second kappa shape index (κ2) is 8.64. The van der Waals surface area contributed by atoms with E-state index in [2.05, 4.69) is 20.4 Å². The van der Waals surface area contributed by atoms with Crippen molar-refractivity contribution in [1.29, 1.82) is 0 Å². The molecule has 0 saturated carbocycles. The SMILES string of the molecule is Cc1cc(NC(=O)C(C)SCc2nc3sc(C)c(C)c3c(=O)[nH]2)n(C2CCS(=O)(=O)C2)n1. The van der Waals surface area contributed by atoms with Gasteiger partial charge < -0.3 is 10.3 Å². The van der Waals surface area contributed by atoms with Crippen molar-refractivity contribution in [3.63, 3.8) is 0 Å². The predicted octanol–water partition coefficient (Wildman–Crippen LogP) is 2.73. The van der Waals surface area contributed by atoms with Crippen LogP contribution < -0.4 is 10.9 Å². The Hall–Kier alpha value is -2.18. The van der Waals surface area contributed by atoms with Crippen LogP contribution in [0.5, 0.6) is 0 Å². The van der Waals surface area contributed by atoms with Gasteiger partial charge in [-0.15, -0.1) is 23.1 Å². The Kier molecular flexibility index (Phi) is 6.21. The van der Waals surface area contributed by atoms with Gasteiger partial charge in [-0.1, -0.05) is 0 Å². The van der Waals surface area contributed by atoms with Gasteiger partial charge in [-0.05, 0) is 39.7 Å². The van der Waals surface area contributed by atoms with E-state index in [1.165, 1.54) is 23.1 Å². The fourth-order valence-corrected chi connectivity index (χ4v) is 7.23. The molecule has 1 amide bonds. The van der Waals surface area contributed by atoms with E-state index < -0.39 is 15.1 Å². The van der Waals surface area contributed by atoms with Crippen LogP contribution in [0, 0.1) is 20.8 Å². The molecule has 2 unspecified atom stereocenters. The summed E-state index contributed by atoms with van der Waals surface area (Å²) in [5.41, 5.74) is 1.50. The van der Waals surface area contributed by atoms with Gasteiger partial charge in [0, 0.05) is 10.9 Å². The number of aromatic nitrogens is 4. The van der Waals surface area contributed by atoms with E-state index in [1.54, 1.807) is 24.6 Å². The van der Waals surface area contributed by atoms with E-state index in [0.717, 1.165) is 10.4 Å². The molecule has 1 saturated heterocycles. The zero-order valence-corrected chi connectivity index (χ0v) is 20.7. The molecule has 2 atom stereocenters. The minimum absolute atomic E-state index is 0.0322. The maximum absolute atomic E-state index is 12.8. The number of aryl methyl sites for hydroxylation is 3. The summed E-state index contributed by atoms with van der Waals surface area (Å²) in [6, 6.07) is 1.47.